The third-order valence-corrected chi connectivity index (χ3v) is 3.91. The van der Waals surface area contributed by atoms with Crippen molar-refractivity contribution >= 4 is 55.3 Å². The van der Waals surface area contributed by atoms with Crippen LogP contribution in [-0.2, 0) is 0 Å². The van der Waals surface area contributed by atoms with Crippen LogP contribution in [0.2, 0.25) is 0 Å². The van der Waals surface area contributed by atoms with Crippen molar-refractivity contribution in [2.75, 3.05) is 5.32 Å². The van der Waals surface area contributed by atoms with E-state index < -0.39 is 0 Å². The van der Waals surface area contributed by atoms with Crippen LogP contribution in [0.5, 0.6) is 0 Å². The Bertz CT molecular complexity index is 827. The minimum Gasteiger partial charge on any atom is -0.389 e. The van der Waals surface area contributed by atoms with Crippen molar-refractivity contribution in [1.82, 2.24) is 4.98 Å². The van der Waals surface area contributed by atoms with Crippen LogP contribution in [0.1, 0.15) is 5.56 Å². The molecule has 0 aliphatic rings. The first-order valence-electron chi connectivity index (χ1n) is 6.34. The molecule has 0 fully saturated rings. The summed E-state index contributed by atoms with van der Waals surface area (Å²) in [5, 5.41) is 5.58. The lowest BCUT2D eigenvalue weighted by atomic mass is 10.1. The fourth-order valence-electron chi connectivity index (χ4n) is 2.20. The topological polar surface area (TPSA) is 50.9 Å². The molecule has 0 saturated heterocycles. The van der Waals surface area contributed by atoms with Crippen molar-refractivity contribution in [2.24, 2.45) is 5.73 Å². The summed E-state index contributed by atoms with van der Waals surface area (Å²) in [5.74, 6) is 0. The highest BCUT2D eigenvalue weighted by molar-refractivity contribution is 9.10. The molecule has 1 heterocycles. The monoisotopic (exact) mass is 357 g/mol. The molecule has 0 aliphatic carbocycles. The quantitative estimate of drug-likeness (QED) is 0.683. The van der Waals surface area contributed by atoms with Crippen LogP contribution < -0.4 is 11.1 Å². The molecule has 0 radical (unpaired) electrons. The maximum absolute atomic E-state index is 5.79. The second-order valence-corrected chi connectivity index (χ2v) is 5.94. The molecule has 3 nitrogen and oxygen atoms in total. The van der Waals surface area contributed by atoms with Gasteiger partial charge in [0.2, 0.25) is 0 Å². The molecular formula is C16H12BrN3S. The van der Waals surface area contributed by atoms with Gasteiger partial charge in [-0.3, -0.25) is 4.98 Å². The van der Waals surface area contributed by atoms with Gasteiger partial charge in [0.05, 0.1) is 0 Å². The molecule has 0 atom stereocenters. The van der Waals surface area contributed by atoms with Crippen LogP contribution in [0, 0.1) is 0 Å². The lowest BCUT2D eigenvalue weighted by molar-refractivity contribution is 1.36. The number of pyridine rings is 1. The minimum atomic E-state index is 0.364. The standard InChI is InChI=1S/C16H12BrN3S/c17-11-4-5-12(16(18)21)15(8-11)20-14-3-1-2-10-6-7-19-9-13(10)14/h1-9,20H,(H2,18,21). The Balaban J connectivity index is 2.11. The number of anilines is 2. The van der Waals surface area contributed by atoms with Gasteiger partial charge in [-0.2, -0.15) is 0 Å². The van der Waals surface area contributed by atoms with Gasteiger partial charge in [-0.15, -0.1) is 0 Å². The van der Waals surface area contributed by atoms with E-state index in [0.29, 0.717) is 4.99 Å². The highest BCUT2D eigenvalue weighted by Crippen LogP contribution is 2.29. The Morgan fingerprint density at radius 2 is 2.00 bits per heavy atom. The second-order valence-electron chi connectivity index (χ2n) is 4.58. The Hall–Kier alpha value is -1.98. The van der Waals surface area contributed by atoms with Crippen molar-refractivity contribution in [3.63, 3.8) is 0 Å². The Morgan fingerprint density at radius 1 is 1.14 bits per heavy atom. The van der Waals surface area contributed by atoms with Gasteiger partial charge in [0, 0.05) is 39.2 Å². The molecule has 2 aromatic carbocycles. The molecule has 0 spiro atoms. The molecule has 3 N–H and O–H groups in total. The first-order chi connectivity index (χ1) is 10.1. The van der Waals surface area contributed by atoms with Crippen LogP contribution in [0.4, 0.5) is 11.4 Å². The summed E-state index contributed by atoms with van der Waals surface area (Å²) in [5.41, 5.74) is 8.45. The molecule has 5 heteroatoms. The van der Waals surface area contributed by atoms with Gasteiger partial charge in [0.1, 0.15) is 4.99 Å². The second kappa shape index (κ2) is 5.79. The third kappa shape index (κ3) is 2.89. The van der Waals surface area contributed by atoms with E-state index in [1.54, 1.807) is 6.20 Å². The number of halogens is 1. The van der Waals surface area contributed by atoms with E-state index in [-0.39, 0.29) is 0 Å². The molecule has 0 bridgehead atoms. The van der Waals surface area contributed by atoms with Crippen molar-refractivity contribution in [3.05, 3.63) is 64.9 Å². The van der Waals surface area contributed by atoms with Gasteiger partial charge in [-0.05, 0) is 35.7 Å². The number of aromatic nitrogens is 1. The number of hydrogen-bond acceptors (Lipinski definition) is 3. The lowest BCUT2D eigenvalue weighted by Gasteiger charge is -2.13. The Kier molecular flexibility index (Phi) is 3.86. The number of rotatable bonds is 3. The molecule has 0 unspecified atom stereocenters. The molecule has 104 valence electrons. The van der Waals surface area contributed by atoms with E-state index in [1.807, 2.05) is 42.6 Å². The summed E-state index contributed by atoms with van der Waals surface area (Å²) in [6.45, 7) is 0. The van der Waals surface area contributed by atoms with Crippen LogP contribution in [0.3, 0.4) is 0 Å². The van der Waals surface area contributed by atoms with Crippen LogP contribution in [-0.4, -0.2) is 9.97 Å². The fourth-order valence-corrected chi connectivity index (χ4v) is 2.74. The van der Waals surface area contributed by atoms with E-state index in [4.69, 9.17) is 18.0 Å². The number of nitrogens with zero attached hydrogens (tertiary/aromatic N) is 1. The number of fused-ring (bicyclic) bond motifs is 1. The first kappa shape index (κ1) is 14.0. The normalized spacial score (nSPS) is 10.5. The van der Waals surface area contributed by atoms with Gasteiger partial charge in [-0.25, -0.2) is 0 Å². The lowest BCUT2D eigenvalue weighted by Crippen LogP contribution is -2.11. The summed E-state index contributed by atoms with van der Waals surface area (Å²) in [6, 6.07) is 13.8. The van der Waals surface area contributed by atoms with Crippen LogP contribution >= 0.6 is 28.1 Å². The van der Waals surface area contributed by atoms with Gasteiger partial charge in [0.15, 0.2) is 0 Å². The zero-order chi connectivity index (χ0) is 14.8. The summed E-state index contributed by atoms with van der Waals surface area (Å²) in [6.07, 6.45) is 3.63. The SMILES string of the molecule is NC(=S)c1ccc(Br)cc1Nc1cccc2ccncc12. The van der Waals surface area contributed by atoms with Crippen molar-refractivity contribution in [3.8, 4) is 0 Å². The zero-order valence-electron chi connectivity index (χ0n) is 11.0. The van der Waals surface area contributed by atoms with Gasteiger partial charge >= 0.3 is 0 Å². The van der Waals surface area contributed by atoms with Crippen molar-refractivity contribution < 1.29 is 0 Å². The van der Waals surface area contributed by atoms with Crippen LogP contribution in [0.25, 0.3) is 10.8 Å². The Labute approximate surface area is 136 Å². The minimum absolute atomic E-state index is 0.364. The maximum atomic E-state index is 5.79. The van der Waals surface area contributed by atoms with Crippen LogP contribution in [0.15, 0.2) is 59.3 Å². The first-order valence-corrected chi connectivity index (χ1v) is 7.54. The smallest absolute Gasteiger partial charge is 0.106 e. The maximum Gasteiger partial charge on any atom is 0.106 e. The van der Waals surface area contributed by atoms with Gasteiger partial charge in [-0.1, -0.05) is 40.3 Å². The summed E-state index contributed by atoms with van der Waals surface area (Å²) >= 11 is 8.59. The van der Waals surface area contributed by atoms with E-state index in [2.05, 4.69) is 32.3 Å². The predicted molar refractivity (Wildman–Crippen MR) is 95.1 cm³/mol. The van der Waals surface area contributed by atoms with Gasteiger partial charge in [0.25, 0.3) is 0 Å². The predicted octanol–water partition coefficient (Wildman–Crippen LogP) is 4.38. The van der Waals surface area contributed by atoms with Gasteiger partial charge < -0.3 is 11.1 Å². The molecule has 3 rings (SSSR count). The number of benzene rings is 2. The van der Waals surface area contributed by atoms with E-state index >= 15 is 0 Å². The van der Waals surface area contributed by atoms with E-state index in [1.165, 1.54) is 0 Å². The summed E-state index contributed by atoms with van der Waals surface area (Å²) < 4.78 is 0.961. The summed E-state index contributed by atoms with van der Waals surface area (Å²) in [7, 11) is 0. The highest BCUT2D eigenvalue weighted by atomic mass is 79.9. The fraction of sp³-hybridized carbons (Fsp3) is 0. The van der Waals surface area contributed by atoms with Crippen molar-refractivity contribution in [1.29, 1.82) is 0 Å². The largest absolute Gasteiger partial charge is 0.389 e. The number of hydrogen-bond donors (Lipinski definition) is 2. The average Bonchev–Trinajstić information content (AvgIpc) is 2.47. The Morgan fingerprint density at radius 3 is 2.81 bits per heavy atom. The molecule has 3 aromatic rings. The van der Waals surface area contributed by atoms with Crippen molar-refractivity contribution in [2.45, 2.75) is 0 Å². The zero-order valence-corrected chi connectivity index (χ0v) is 13.4. The third-order valence-electron chi connectivity index (χ3n) is 3.20. The average molecular weight is 358 g/mol. The van der Waals surface area contributed by atoms with E-state index in [9.17, 15) is 0 Å². The molecule has 0 amide bonds. The molecule has 1 aromatic heterocycles. The molecule has 0 saturated carbocycles. The highest BCUT2D eigenvalue weighted by Gasteiger charge is 2.08. The molecular weight excluding hydrogens is 346 g/mol. The number of nitrogens with one attached hydrogen (secondary N) is 1. The van der Waals surface area contributed by atoms with E-state index in [0.717, 1.165) is 32.2 Å². The molecule has 0 aliphatic heterocycles. The number of thiocarbonyl (C=S) groups is 1. The summed E-state index contributed by atoms with van der Waals surface area (Å²) in [4.78, 5) is 4.55. The number of nitrogens with two attached hydrogens (primary N) is 1. The molecule has 21 heavy (non-hydrogen) atoms.